The zero-order valence-corrected chi connectivity index (χ0v) is 9.32. The summed E-state index contributed by atoms with van der Waals surface area (Å²) in [6.45, 7) is 4.32. The van der Waals surface area contributed by atoms with Gasteiger partial charge in [-0.25, -0.2) is 0 Å². The van der Waals surface area contributed by atoms with Crippen molar-refractivity contribution in [1.82, 2.24) is 15.3 Å². The Bertz CT molecular complexity index is 286. The summed E-state index contributed by atoms with van der Waals surface area (Å²) >= 11 is 0. The number of aromatic nitrogens is 2. The summed E-state index contributed by atoms with van der Waals surface area (Å²) in [6, 6.07) is 0. The van der Waals surface area contributed by atoms with Crippen LogP contribution in [0.25, 0.3) is 0 Å². The first-order valence-electron chi connectivity index (χ1n) is 5.80. The minimum absolute atomic E-state index is 0.846. The first-order chi connectivity index (χ1) is 7.34. The highest BCUT2D eigenvalue weighted by Crippen LogP contribution is 2.29. The lowest BCUT2D eigenvalue weighted by Gasteiger charge is -2.10. The second-order valence-corrected chi connectivity index (χ2v) is 4.61. The lowest BCUT2D eigenvalue weighted by molar-refractivity contribution is 0.468. The van der Waals surface area contributed by atoms with E-state index in [1.807, 2.05) is 6.20 Å². The first-order valence-corrected chi connectivity index (χ1v) is 5.80. The minimum atomic E-state index is 0.846. The Morgan fingerprint density at radius 1 is 1.40 bits per heavy atom. The van der Waals surface area contributed by atoms with Crippen LogP contribution < -0.4 is 5.32 Å². The summed E-state index contributed by atoms with van der Waals surface area (Å²) in [5, 5.41) is 3.46. The van der Waals surface area contributed by atoms with E-state index in [0.29, 0.717) is 0 Å². The molecule has 1 aliphatic carbocycles. The van der Waals surface area contributed by atoms with Crippen LogP contribution in [-0.2, 0) is 6.54 Å². The van der Waals surface area contributed by atoms with Gasteiger partial charge in [0.15, 0.2) is 0 Å². The number of hydrogen-bond donors (Lipinski definition) is 1. The fourth-order valence-electron chi connectivity index (χ4n) is 2.34. The van der Waals surface area contributed by atoms with Crippen molar-refractivity contribution in [2.75, 3.05) is 6.54 Å². The summed E-state index contributed by atoms with van der Waals surface area (Å²) in [6.07, 6.45) is 9.45. The Morgan fingerprint density at radius 3 is 3.00 bits per heavy atom. The van der Waals surface area contributed by atoms with E-state index in [2.05, 4.69) is 22.2 Å². The molecular weight excluding hydrogens is 186 g/mol. The zero-order valence-electron chi connectivity index (χ0n) is 9.32. The van der Waals surface area contributed by atoms with Gasteiger partial charge in [0.25, 0.3) is 0 Å². The molecule has 0 amide bonds. The molecule has 3 nitrogen and oxygen atoms in total. The van der Waals surface area contributed by atoms with E-state index in [9.17, 15) is 0 Å². The standard InChI is InChI=1S/C12H19N3/c1-10-2-3-11(6-10)7-14-9-12-8-13-4-5-15-12/h4-5,8,10-11,14H,2-3,6-7,9H2,1H3. The average molecular weight is 205 g/mol. The van der Waals surface area contributed by atoms with E-state index in [1.165, 1.54) is 19.3 Å². The number of rotatable bonds is 4. The molecular formula is C12H19N3. The molecule has 2 atom stereocenters. The van der Waals surface area contributed by atoms with Crippen LogP contribution in [0.2, 0.25) is 0 Å². The molecule has 1 aromatic heterocycles. The molecule has 15 heavy (non-hydrogen) atoms. The fourth-order valence-corrected chi connectivity index (χ4v) is 2.34. The largest absolute Gasteiger partial charge is 0.311 e. The van der Waals surface area contributed by atoms with Gasteiger partial charge in [-0.2, -0.15) is 0 Å². The van der Waals surface area contributed by atoms with Crippen LogP contribution in [-0.4, -0.2) is 16.5 Å². The van der Waals surface area contributed by atoms with Gasteiger partial charge in [-0.1, -0.05) is 13.3 Å². The third-order valence-corrected chi connectivity index (χ3v) is 3.16. The Hall–Kier alpha value is -0.960. The van der Waals surface area contributed by atoms with Crippen molar-refractivity contribution in [3.63, 3.8) is 0 Å². The average Bonchev–Trinajstić information content (AvgIpc) is 2.66. The Balaban J connectivity index is 1.67. The van der Waals surface area contributed by atoms with Crippen molar-refractivity contribution >= 4 is 0 Å². The van der Waals surface area contributed by atoms with E-state index < -0.39 is 0 Å². The van der Waals surface area contributed by atoms with Crippen LogP contribution in [0.3, 0.4) is 0 Å². The van der Waals surface area contributed by atoms with Crippen LogP contribution in [0.1, 0.15) is 31.9 Å². The third kappa shape index (κ3) is 3.27. The fraction of sp³-hybridized carbons (Fsp3) is 0.667. The highest BCUT2D eigenvalue weighted by Gasteiger charge is 2.20. The SMILES string of the molecule is CC1CCC(CNCc2cnccn2)C1. The summed E-state index contributed by atoms with van der Waals surface area (Å²) in [7, 11) is 0. The molecule has 0 bridgehead atoms. The lowest BCUT2D eigenvalue weighted by atomic mass is 10.1. The lowest BCUT2D eigenvalue weighted by Crippen LogP contribution is -2.21. The first kappa shape index (κ1) is 10.6. The Labute approximate surface area is 91.3 Å². The highest BCUT2D eigenvalue weighted by atomic mass is 14.9. The van der Waals surface area contributed by atoms with Crippen molar-refractivity contribution in [2.24, 2.45) is 11.8 Å². The molecule has 82 valence electrons. The third-order valence-electron chi connectivity index (χ3n) is 3.16. The summed E-state index contributed by atoms with van der Waals surface area (Å²) in [5.41, 5.74) is 1.03. The number of nitrogens with one attached hydrogen (secondary N) is 1. The van der Waals surface area contributed by atoms with E-state index in [1.54, 1.807) is 12.4 Å². The minimum Gasteiger partial charge on any atom is -0.311 e. The molecule has 0 aliphatic heterocycles. The van der Waals surface area contributed by atoms with Gasteiger partial charge in [-0.05, 0) is 31.2 Å². The molecule has 0 saturated heterocycles. The maximum absolute atomic E-state index is 4.23. The van der Waals surface area contributed by atoms with Gasteiger partial charge in [0, 0.05) is 25.1 Å². The van der Waals surface area contributed by atoms with Crippen molar-refractivity contribution in [3.8, 4) is 0 Å². The van der Waals surface area contributed by atoms with Crippen LogP contribution in [0, 0.1) is 11.8 Å². The van der Waals surface area contributed by atoms with Gasteiger partial charge in [0.1, 0.15) is 0 Å². The number of nitrogens with zero attached hydrogens (tertiary/aromatic N) is 2. The monoisotopic (exact) mass is 205 g/mol. The van der Waals surface area contributed by atoms with E-state index in [0.717, 1.165) is 30.6 Å². The van der Waals surface area contributed by atoms with E-state index >= 15 is 0 Å². The molecule has 0 aromatic carbocycles. The summed E-state index contributed by atoms with van der Waals surface area (Å²) < 4.78 is 0. The quantitative estimate of drug-likeness (QED) is 0.817. The zero-order chi connectivity index (χ0) is 10.5. The molecule has 2 unspecified atom stereocenters. The van der Waals surface area contributed by atoms with Crippen LogP contribution >= 0.6 is 0 Å². The van der Waals surface area contributed by atoms with Gasteiger partial charge >= 0.3 is 0 Å². The molecule has 3 heteroatoms. The van der Waals surface area contributed by atoms with Crippen LogP contribution in [0.4, 0.5) is 0 Å². The van der Waals surface area contributed by atoms with Gasteiger partial charge in [0.2, 0.25) is 0 Å². The highest BCUT2D eigenvalue weighted by molar-refractivity contribution is 4.93. The van der Waals surface area contributed by atoms with Crippen LogP contribution in [0.5, 0.6) is 0 Å². The molecule has 2 rings (SSSR count). The predicted octanol–water partition coefficient (Wildman–Crippen LogP) is 2.00. The molecule has 1 saturated carbocycles. The Kier molecular flexibility index (Phi) is 3.67. The van der Waals surface area contributed by atoms with Crippen molar-refractivity contribution < 1.29 is 0 Å². The summed E-state index contributed by atoms with van der Waals surface area (Å²) in [4.78, 5) is 8.28. The molecule has 1 fully saturated rings. The summed E-state index contributed by atoms with van der Waals surface area (Å²) in [5.74, 6) is 1.80. The second kappa shape index (κ2) is 5.21. The van der Waals surface area contributed by atoms with Gasteiger partial charge < -0.3 is 5.32 Å². The smallest absolute Gasteiger partial charge is 0.0724 e. The topological polar surface area (TPSA) is 37.8 Å². The molecule has 0 radical (unpaired) electrons. The molecule has 1 heterocycles. The van der Waals surface area contributed by atoms with Crippen molar-refractivity contribution in [1.29, 1.82) is 0 Å². The number of hydrogen-bond acceptors (Lipinski definition) is 3. The van der Waals surface area contributed by atoms with E-state index in [-0.39, 0.29) is 0 Å². The maximum atomic E-state index is 4.23. The Morgan fingerprint density at radius 2 is 2.33 bits per heavy atom. The van der Waals surface area contributed by atoms with Gasteiger partial charge in [-0.15, -0.1) is 0 Å². The molecule has 1 aromatic rings. The normalized spacial score (nSPS) is 25.7. The van der Waals surface area contributed by atoms with Gasteiger partial charge in [-0.3, -0.25) is 9.97 Å². The maximum Gasteiger partial charge on any atom is 0.0724 e. The van der Waals surface area contributed by atoms with E-state index in [4.69, 9.17) is 0 Å². The molecule has 0 spiro atoms. The van der Waals surface area contributed by atoms with Gasteiger partial charge in [0.05, 0.1) is 5.69 Å². The second-order valence-electron chi connectivity index (χ2n) is 4.61. The predicted molar refractivity (Wildman–Crippen MR) is 60.2 cm³/mol. The van der Waals surface area contributed by atoms with Crippen molar-refractivity contribution in [3.05, 3.63) is 24.3 Å². The van der Waals surface area contributed by atoms with Crippen molar-refractivity contribution in [2.45, 2.75) is 32.7 Å². The molecule has 1 N–H and O–H groups in total. The molecule has 1 aliphatic rings. The van der Waals surface area contributed by atoms with Crippen LogP contribution in [0.15, 0.2) is 18.6 Å².